The lowest BCUT2D eigenvalue weighted by atomic mass is 9.94. The van der Waals surface area contributed by atoms with Crippen LogP contribution in [-0.4, -0.2) is 0 Å². The van der Waals surface area contributed by atoms with Gasteiger partial charge in [-0.1, -0.05) is 42.5 Å². The van der Waals surface area contributed by atoms with Gasteiger partial charge in [-0.3, -0.25) is 0 Å². The zero-order valence-electron chi connectivity index (χ0n) is 9.95. The van der Waals surface area contributed by atoms with Crippen molar-refractivity contribution in [1.29, 1.82) is 0 Å². The van der Waals surface area contributed by atoms with Gasteiger partial charge < -0.3 is 5.73 Å². The standard InChI is InChI=1S/C14H12F3N.ClH/c15-14(16,17)12-8-4-7-11(9-18)13(12)10-5-2-1-3-6-10;/h1-8H,9,18H2;1H. The third-order valence-electron chi connectivity index (χ3n) is 2.74. The fourth-order valence-corrected chi connectivity index (χ4v) is 1.95. The number of benzene rings is 2. The van der Waals surface area contributed by atoms with E-state index in [4.69, 9.17) is 5.73 Å². The van der Waals surface area contributed by atoms with Crippen molar-refractivity contribution in [1.82, 2.24) is 0 Å². The van der Waals surface area contributed by atoms with Crippen LogP contribution < -0.4 is 5.73 Å². The normalized spacial score (nSPS) is 10.9. The van der Waals surface area contributed by atoms with E-state index >= 15 is 0 Å². The van der Waals surface area contributed by atoms with Crippen LogP contribution in [0.1, 0.15) is 11.1 Å². The lowest BCUT2D eigenvalue weighted by Crippen LogP contribution is -2.10. The largest absolute Gasteiger partial charge is 0.417 e. The summed E-state index contributed by atoms with van der Waals surface area (Å²) in [6, 6.07) is 12.6. The van der Waals surface area contributed by atoms with Gasteiger partial charge in [-0.05, 0) is 22.8 Å². The van der Waals surface area contributed by atoms with Gasteiger partial charge >= 0.3 is 6.18 Å². The predicted molar refractivity (Wildman–Crippen MR) is 72.0 cm³/mol. The predicted octanol–water partition coefficient (Wildman–Crippen LogP) is 4.25. The zero-order chi connectivity index (χ0) is 13.2. The third kappa shape index (κ3) is 3.28. The maximum atomic E-state index is 13.0. The summed E-state index contributed by atoms with van der Waals surface area (Å²) >= 11 is 0. The number of hydrogen-bond acceptors (Lipinski definition) is 1. The van der Waals surface area contributed by atoms with Gasteiger partial charge in [0.1, 0.15) is 0 Å². The van der Waals surface area contributed by atoms with Crippen molar-refractivity contribution in [2.45, 2.75) is 12.7 Å². The molecule has 2 aromatic carbocycles. The molecule has 0 spiro atoms. The Labute approximate surface area is 115 Å². The maximum Gasteiger partial charge on any atom is 0.417 e. The molecule has 0 saturated heterocycles. The second-order valence-electron chi connectivity index (χ2n) is 3.91. The lowest BCUT2D eigenvalue weighted by molar-refractivity contribution is -0.137. The molecule has 0 amide bonds. The van der Waals surface area contributed by atoms with Crippen molar-refractivity contribution in [3.8, 4) is 11.1 Å². The maximum absolute atomic E-state index is 13.0. The SMILES string of the molecule is Cl.NCc1cccc(C(F)(F)F)c1-c1ccccc1. The first-order valence-electron chi connectivity index (χ1n) is 5.48. The van der Waals surface area contributed by atoms with E-state index in [0.717, 1.165) is 6.07 Å². The van der Waals surface area contributed by atoms with Gasteiger partial charge in [0.25, 0.3) is 0 Å². The molecular formula is C14H13ClF3N. The van der Waals surface area contributed by atoms with Crippen LogP contribution in [0.15, 0.2) is 48.5 Å². The molecule has 0 aliphatic heterocycles. The molecule has 0 bridgehead atoms. The Hall–Kier alpha value is -1.52. The highest BCUT2D eigenvalue weighted by Gasteiger charge is 2.34. The van der Waals surface area contributed by atoms with Crippen LogP contribution in [0.2, 0.25) is 0 Å². The molecule has 0 radical (unpaired) electrons. The van der Waals surface area contributed by atoms with Crippen LogP contribution in [0.3, 0.4) is 0 Å². The minimum absolute atomic E-state index is 0. The Morgan fingerprint density at radius 2 is 1.53 bits per heavy atom. The Bertz CT molecular complexity index is 538. The highest BCUT2D eigenvalue weighted by Crippen LogP contribution is 2.38. The second-order valence-corrected chi connectivity index (χ2v) is 3.91. The van der Waals surface area contributed by atoms with E-state index in [1.165, 1.54) is 6.07 Å². The molecule has 0 fully saturated rings. The van der Waals surface area contributed by atoms with E-state index < -0.39 is 11.7 Å². The van der Waals surface area contributed by atoms with Crippen LogP contribution in [0.4, 0.5) is 13.2 Å². The Morgan fingerprint density at radius 1 is 0.895 bits per heavy atom. The summed E-state index contributed by atoms with van der Waals surface area (Å²) in [5.74, 6) is 0. The molecule has 0 atom stereocenters. The highest BCUT2D eigenvalue weighted by molar-refractivity contribution is 5.85. The smallest absolute Gasteiger partial charge is 0.326 e. The van der Waals surface area contributed by atoms with Crippen molar-refractivity contribution < 1.29 is 13.2 Å². The third-order valence-corrected chi connectivity index (χ3v) is 2.74. The van der Waals surface area contributed by atoms with Gasteiger partial charge in [-0.2, -0.15) is 13.2 Å². The topological polar surface area (TPSA) is 26.0 Å². The van der Waals surface area contributed by atoms with E-state index in [1.807, 2.05) is 0 Å². The molecular weight excluding hydrogens is 275 g/mol. The number of nitrogens with two attached hydrogens (primary N) is 1. The summed E-state index contributed by atoms with van der Waals surface area (Å²) in [5, 5.41) is 0. The molecule has 2 N–H and O–H groups in total. The van der Waals surface area contributed by atoms with E-state index in [9.17, 15) is 13.2 Å². The minimum atomic E-state index is -4.38. The molecule has 0 aliphatic carbocycles. The van der Waals surface area contributed by atoms with Crippen molar-refractivity contribution in [2.75, 3.05) is 0 Å². The van der Waals surface area contributed by atoms with Crippen molar-refractivity contribution >= 4 is 12.4 Å². The Morgan fingerprint density at radius 3 is 2.05 bits per heavy atom. The number of alkyl halides is 3. The van der Waals surface area contributed by atoms with Crippen LogP contribution in [0, 0.1) is 0 Å². The summed E-state index contributed by atoms with van der Waals surface area (Å²) in [5.41, 5.74) is 6.09. The molecule has 0 unspecified atom stereocenters. The Balaban J connectivity index is 0.00000180. The molecule has 2 rings (SSSR count). The van der Waals surface area contributed by atoms with Crippen molar-refractivity contribution in [3.63, 3.8) is 0 Å². The summed E-state index contributed by atoms with van der Waals surface area (Å²) in [6.45, 7) is 0.0775. The summed E-state index contributed by atoms with van der Waals surface area (Å²) in [4.78, 5) is 0. The summed E-state index contributed by atoms with van der Waals surface area (Å²) in [7, 11) is 0. The first-order valence-corrected chi connectivity index (χ1v) is 5.48. The van der Waals surface area contributed by atoms with E-state index in [2.05, 4.69) is 0 Å². The van der Waals surface area contributed by atoms with E-state index in [-0.39, 0.29) is 24.5 Å². The Kier molecular flexibility index (Phi) is 4.97. The second kappa shape index (κ2) is 6.08. The molecule has 0 aromatic heterocycles. The minimum Gasteiger partial charge on any atom is -0.326 e. The lowest BCUT2D eigenvalue weighted by Gasteiger charge is -2.16. The highest BCUT2D eigenvalue weighted by atomic mass is 35.5. The number of hydrogen-bond donors (Lipinski definition) is 1. The van der Waals surface area contributed by atoms with Crippen LogP contribution in [0.25, 0.3) is 11.1 Å². The first-order chi connectivity index (χ1) is 8.54. The van der Waals surface area contributed by atoms with Crippen LogP contribution in [-0.2, 0) is 12.7 Å². The average molecular weight is 288 g/mol. The molecule has 102 valence electrons. The number of halogens is 4. The van der Waals surface area contributed by atoms with Gasteiger partial charge in [-0.15, -0.1) is 12.4 Å². The van der Waals surface area contributed by atoms with E-state index in [0.29, 0.717) is 11.1 Å². The molecule has 0 heterocycles. The van der Waals surface area contributed by atoms with Crippen LogP contribution >= 0.6 is 12.4 Å². The van der Waals surface area contributed by atoms with Gasteiger partial charge in [0.15, 0.2) is 0 Å². The van der Waals surface area contributed by atoms with Crippen molar-refractivity contribution in [3.05, 3.63) is 59.7 Å². The molecule has 5 heteroatoms. The van der Waals surface area contributed by atoms with Gasteiger partial charge in [0.2, 0.25) is 0 Å². The molecule has 19 heavy (non-hydrogen) atoms. The number of rotatable bonds is 2. The van der Waals surface area contributed by atoms with Crippen molar-refractivity contribution in [2.24, 2.45) is 5.73 Å². The van der Waals surface area contributed by atoms with E-state index in [1.54, 1.807) is 36.4 Å². The van der Waals surface area contributed by atoms with Gasteiger partial charge in [0, 0.05) is 6.54 Å². The fourth-order valence-electron chi connectivity index (χ4n) is 1.95. The quantitative estimate of drug-likeness (QED) is 0.878. The molecule has 1 nitrogen and oxygen atoms in total. The first kappa shape index (κ1) is 15.5. The monoisotopic (exact) mass is 287 g/mol. The zero-order valence-corrected chi connectivity index (χ0v) is 10.8. The van der Waals surface area contributed by atoms with Gasteiger partial charge in [0.05, 0.1) is 5.56 Å². The average Bonchev–Trinajstić information content (AvgIpc) is 2.38. The van der Waals surface area contributed by atoms with Crippen LogP contribution in [0.5, 0.6) is 0 Å². The molecule has 2 aromatic rings. The fraction of sp³-hybridized carbons (Fsp3) is 0.143. The van der Waals surface area contributed by atoms with Gasteiger partial charge in [-0.25, -0.2) is 0 Å². The summed E-state index contributed by atoms with van der Waals surface area (Å²) in [6.07, 6.45) is -4.38. The summed E-state index contributed by atoms with van der Waals surface area (Å²) < 4.78 is 39.0. The molecule has 0 saturated carbocycles. The molecule has 0 aliphatic rings.